The van der Waals surface area contributed by atoms with Crippen molar-refractivity contribution in [1.29, 1.82) is 0 Å². The first-order valence-corrected chi connectivity index (χ1v) is 11.5. The maximum absolute atomic E-state index is 13.4. The Bertz CT molecular complexity index is 1510. The van der Waals surface area contributed by atoms with Crippen LogP contribution in [0.25, 0.3) is 11.4 Å². The average Bonchev–Trinajstić information content (AvgIpc) is 3.34. The van der Waals surface area contributed by atoms with Crippen LogP contribution in [0.4, 0.5) is 0 Å². The number of phenols is 1. The Labute approximate surface area is 206 Å². The number of hydrogen-bond acceptors (Lipinski definition) is 7. The highest BCUT2D eigenvalue weighted by atomic mass is 16.5. The second-order valence-electron chi connectivity index (χ2n) is 8.42. The number of rotatable bonds is 6. The van der Waals surface area contributed by atoms with Crippen molar-refractivity contribution in [2.75, 3.05) is 6.61 Å². The molecule has 1 atom stereocenters. The number of ketones is 1. The minimum atomic E-state index is -0.932. The molecule has 0 saturated carbocycles. The van der Waals surface area contributed by atoms with Crippen molar-refractivity contribution in [2.24, 2.45) is 0 Å². The normalized spacial score (nSPS) is 17.2. The number of aliphatic hydroxyl groups is 1. The molecule has 1 fully saturated rings. The summed E-state index contributed by atoms with van der Waals surface area (Å²) in [6.07, 6.45) is 4.98. The quantitative estimate of drug-likeness (QED) is 0.243. The van der Waals surface area contributed by atoms with Crippen molar-refractivity contribution in [3.63, 3.8) is 0 Å². The van der Waals surface area contributed by atoms with Gasteiger partial charge in [-0.25, -0.2) is 4.98 Å². The van der Waals surface area contributed by atoms with Crippen LogP contribution in [0.5, 0.6) is 11.5 Å². The summed E-state index contributed by atoms with van der Waals surface area (Å²) in [5.41, 5.74) is 2.61. The number of Topliss-reactive ketones (excluding diaryl/α,β-unsaturated/α-hetero) is 1. The van der Waals surface area contributed by atoms with Crippen LogP contribution in [0.2, 0.25) is 0 Å². The van der Waals surface area contributed by atoms with Crippen molar-refractivity contribution in [3.8, 4) is 11.5 Å². The van der Waals surface area contributed by atoms with E-state index in [1.807, 2.05) is 6.07 Å². The van der Waals surface area contributed by atoms with Gasteiger partial charge in [0.05, 0.1) is 23.9 Å². The smallest absolute Gasteiger partial charge is 0.295 e. The summed E-state index contributed by atoms with van der Waals surface area (Å²) in [6, 6.07) is 12.7. The molecule has 3 aromatic heterocycles. The van der Waals surface area contributed by atoms with Gasteiger partial charge in [-0.15, -0.1) is 0 Å². The van der Waals surface area contributed by atoms with Crippen molar-refractivity contribution in [3.05, 3.63) is 95.2 Å². The van der Waals surface area contributed by atoms with Gasteiger partial charge in [-0.2, -0.15) is 0 Å². The maximum atomic E-state index is 13.4. The third-order valence-electron chi connectivity index (χ3n) is 6.14. The first-order chi connectivity index (χ1) is 17.4. The maximum Gasteiger partial charge on any atom is 0.295 e. The van der Waals surface area contributed by atoms with Crippen molar-refractivity contribution in [1.82, 2.24) is 19.3 Å². The number of benzene rings is 1. The highest BCUT2D eigenvalue weighted by molar-refractivity contribution is 6.46. The van der Waals surface area contributed by atoms with E-state index in [-0.39, 0.29) is 29.4 Å². The Morgan fingerprint density at radius 2 is 1.97 bits per heavy atom. The Balaban J connectivity index is 1.73. The molecular formula is C27H24N4O5. The number of nitrogens with zero attached hydrogens (tertiary/aromatic N) is 4. The summed E-state index contributed by atoms with van der Waals surface area (Å²) >= 11 is 0. The van der Waals surface area contributed by atoms with Gasteiger partial charge in [-0.05, 0) is 55.3 Å². The molecule has 5 rings (SSSR count). The lowest BCUT2D eigenvalue weighted by Crippen LogP contribution is -2.29. The Kier molecular flexibility index (Phi) is 5.89. The van der Waals surface area contributed by atoms with E-state index >= 15 is 0 Å². The second kappa shape index (κ2) is 9.18. The number of aliphatic hydroxyl groups excluding tert-OH is 1. The van der Waals surface area contributed by atoms with Crippen LogP contribution < -0.4 is 4.74 Å². The van der Waals surface area contributed by atoms with Crippen LogP contribution in [0, 0.1) is 6.92 Å². The molecule has 4 heterocycles. The molecule has 1 aliphatic heterocycles. The fourth-order valence-corrected chi connectivity index (χ4v) is 4.58. The van der Waals surface area contributed by atoms with Gasteiger partial charge in [-0.1, -0.05) is 18.2 Å². The van der Waals surface area contributed by atoms with E-state index in [1.165, 1.54) is 11.0 Å². The van der Waals surface area contributed by atoms with Gasteiger partial charge in [0.1, 0.15) is 11.3 Å². The predicted octanol–water partition coefficient (Wildman–Crippen LogP) is 3.76. The molecule has 0 aliphatic carbocycles. The molecule has 9 heteroatoms. The lowest BCUT2D eigenvalue weighted by Gasteiger charge is -2.26. The van der Waals surface area contributed by atoms with Gasteiger partial charge < -0.3 is 19.8 Å². The lowest BCUT2D eigenvalue weighted by atomic mass is 9.95. The Hall–Kier alpha value is -4.66. The van der Waals surface area contributed by atoms with E-state index in [4.69, 9.17) is 4.74 Å². The number of phenolic OH excluding ortho intramolecular Hbond substituents is 1. The summed E-state index contributed by atoms with van der Waals surface area (Å²) < 4.78 is 7.23. The van der Waals surface area contributed by atoms with Crippen LogP contribution in [0.3, 0.4) is 0 Å². The van der Waals surface area contributed by atoms with Gasteiger partial charge in [-0.3, -0.25) is 19.0 Å². The van der Waals surface area contributed by atoms with Crippen LogP contribution in [0.15, 0.2) is 72.7 Å². The lowest BCUT2D eigenvalue weighted by molar-refractivity contribution is -0.140. The van der Waals surface area contributed by atoms with E-state index in [2.05, 4.69) is 9.97 Å². The van der Waals surface area contributed by atoms with Gasteiger partial charge in [0, 0.05) is 25.1 Å². The number of hydrogen-bond donors (Lipinski definition) is 2. The van der Waals surface area contributed by atoms with E-state index in [9.17, 15) is 19.8 Å². The van der Waals surface area contributed by atoms with Gasteiger partial charge in [0.2, 0.25) is 0 Å². The van der Waals surface area contributed by atoms with Crippen LogP contribution >= 0.6 is 0 Å². The van der Waals surface area contributed by atoms with E-state index < -0.39 is 17.7 Å². The molecule has 0 radical (unpaired) electrons. The van der Waals surface area contributed by atoms with Crippen molar-refractivity contribution < 1.29 is 24.5 Å². The van der Waals surface area contributed by atoms with Crippen LogP contribution in [-0.4, -0.2) is 47.8 Å². The summed E-state index contributed by atoms with van der Waals surface area (Å²) in [7, 11) is 0. The molecule has 36 heavy (non-hydrogen) atoms. The molecule has 1 aromatic carbocycles. The number of ether oxygens (including phenoxy) is 1. The minimum absolute atomic E-state index is 0.0641. The fourth-order valence-electron chi connectivity index (χ4n) is 4.58. The standard InChI is InChI=1S/C27H24N4O5/c1-3-36-20-13-18(9-10-19(20)32)24-22(25(33)23-16(2)29-21-8-4-5-12-30(21)23)26(34)27(35)31(24)15-17-7-6-11-28-14-17/h4-14,24,32-33H,3,15H2,1-2H3/b25-22+. The average molecular weight is 485 g/mol. The van der Waals surface area contributed by atoms with Gasteiger partial charge >= 0.3 is 0 Å². The molecule has 0 spiro atoms. The van der Waals surface area contributed by atoms with Crippen molar-refractivity contribution in [2.45, 2.75) is 26.4 Å². The van der Waals surface area contributed by atoms with E-state index in [0.717, 1.165) is 5.56 Å². The third-order valence-corrected chi connectivity index (χ3v) is 6.14. The number of imidazole rings is 1. The van der Waals surface area contributed by atoms with Gasteiger partial charge in [0.25, 0.3) is 11.7 Å². The third kappa shape index (κ3) is 3.84. The molecule has 1 saturated heterocycles. The SMILES string of the molecule is CCOc1cc(C2/C(=C(\O)c3c(C)nc4ccccn34)C(=O)C(=O)N2Cc2cccnc2)ccc1O. The second-order valence-corrected chi connectivity index (χ2v) is 8.42. The summed E-state index contributed by atoms with van der Waals surface area (Å²) in [5, 5.41) is 21.8. The zero-order chi connectivity index (χ0) is 25.4. The van der Waals surface area contributed by atoms with E-state index in [0.29, 0.717) is 29.2 Å². The number of carbonyl (C=O) groups is 2. The van der Waals surface area contributed by atoms with Crippen LogP contribution in [0.1, 0.15) is 35.5 Å². The summed E-state index contributed by atoms with van der Waals surface area (Å²) in [4.78, 5) is 36.7. The number of likely N-dealkylation sites (tertiary alicyclic amines) is 1. The highest BCUT2D eigenvalue weighted by Crippen LogP contribution is 2.42. The molecule has 1 unspecified atom stereocenters. The molecule has 4 aromatic rings. The largest absolute Gasteiger partial charge is 0.505 e. The summed E-state index contributed by atoms with van der Waals surface area (Å²) in [5.74, 6) is -1.73. The fraction of sp³-hybridized carbons (Fsp3) is 0.185. The van der Waals surface area contributed by atoms with Crippen molar-refractivity contribution >= 4 is 23.1 Å². The monoisotopic (exact) mass is 484 g/mol. The zero-order valence-corrected chi connectivity index (χ0v) is 19.8. The predicted molar refractivity (Wildman–Crippen MR) is 131 cm³/mol. The van der Waals surface area contributed by atoms with E-state index in [1.54, 1.807) is 73.2 Å². The number of aromatic hydroxyl groups is 1. The molecule has 2 N–H and O–H groups in total. The minimum Gasteiger partial charge on any atom is -0.505 e. The number of fused-ring (bicyclic) bond motifs is 1. The molecule has 0 bridgehead atoms. The summed E-state index contributed by atoms with van der Waals surface area (Å²) in [6.45, 7) is 3.93. The topological polar surface area (TPSA) is 117 Å². The number of aromatic nitrogens is 3. The van der Waals surface area contributed by atoms with Crippen LogP contribution in [-0.2, 0) is 16.1 Å². The first-order valence-electron chi connectivity index (χ1n) is 11.5. The number of amides is 1. The Morgan fingerprint density at radius 3 is 2.72 bits per heavy atom. The molecule has 9 nitrogen and oxygen atoms in total. The molecule has 1 aliphatic rings. The zero-order valence-electron chi connectivity index (χ0n) is 19.8. The number of pyridine rings is 2. The molecular weight excluding hydrogens is 460 g/mol. The number of aryl methyl sites for hydroxylation is 1. The number of carbonyl (C=O) groups excluding carboxylic acids is 2. The highest BCUT2D eigenvalue weighted by Gasteiger charge is 2.46. The molecule has 1 amide bonds. The molecule has 182 valence electrons. The Morgan fingerprint density at radius 1 is 1.14 bits per heavy atom. The first kappa shape index (κ1) is 23.1. The van der Waals surface area contributed by atoms with Gasteiger partial charge in [0.15, 0.2) is 17.3 Å².